The van der Waals surface area contributed by atoms with E-state index in [2.05, 4.69) is 0 Å². The van der Waals surface area contributed by atoms with Crippen molar-refractivity contribution in [3.05, 3.63) is 35.1 Å². The lowest BCUT2D eigenvalue weighted by Crippen LogP contribution is -2.34. The molecule has 0 unspecified atom stereocenters. The molecule has 0 aliphatic carbocycles. The number of nitrogens with zero attached hydrogens (tertiary/aromatic N) is 1. The number of carbonyl (C=O) groups is 1. The van der Waals surface area contributed by atoms with Crippen LogP contribution in [0.5, 0.6) is 0 Å². The lowest BCUT2D eigenvalue weighted by Gasteiger charge is -2.22. The monoisotopic (exact) mass is 252 g/mol. The molecule has 0 bridgehead atoms. The van der Waals surface area contributed by atoms with Crippen molar-refractivity contribution in [3.8, 4) is 0 Å². The predicted octanol–water partition coefficient (Wildman–Crippen LogP) is 2.34. The Hall–Kier alpha value is -1.42. The third-order valence-electron chi connectivity index (χ3n) is 2.77. The van der Waals surface area contributed by atoms with Crippen molar-refractivity contribution >= 4 is 5.91 Å². The van der Waals surface area contributed by atoms with E-state index in [4.69, 9.17) is 5.73 Å². The molecule has 1 aromatic carbocycles. The zero-order valence-electron chi connectivity index (χ0n) is 11.1. The Balaban J connectivity index is 2.90. The fourth-order valence-corrected chi connectivity index (χ4v) is 1.84. The first kappa shape index (κ1) is 14.6. The van der Waals surface area contributed by atoms with Crippen LogP contribution in [0.3, 0.4) is 0 Å². The van der Waals surface area contributed by atoms with E-state index in [9.17, 15) is 9.18 Å². The van der Waals surface area contributed by atoms with E-state index < -0.39 is 5.82 Å². The zero-order valence-corrected chi connectivity index (χ0v) is 11.1. The lowest BCUT2D eigenvalue weighted by molar-refractivity contribution is 0.0750. The van der Waals surface area contributed by atoms with Crippen LogP contribution in [0.25, 0.3) is 0 Å². The molecule has 0 aliphatic heterocycles. The summed E-state index contributed by atoms with van der Waals surface area (Å²) in [6.45, 7) is 5.59. The maximum Gasteiger partial charge on any atom is 0.256 e. The SMILES string of the molecule is CCCN(CCCN)C(=O)c1cc(C)ccc1F. The van der Waals surface area contributed by atoms with E-state index in [0.29, 0.717) is 19.6 Å². The third-order valence-corrected chi connectivity index (χ3v) is 2.77. The highest BCUT2D eigenvalue weighted by Crippen LogP contribution is 2.13. The molecule has 4 heteroatoms. The van der Waals surface area contributed by atoms with Crippen LogP contribution in [0.1, 0.15) is 35.7 Å². The van der Waals surface area contributed by atoms with Gasteiger partial charge in [0.25, 0.3) is 5.91 Å². The molecule has 0 aromatic heterocycles. The van der Waals surface area contributed by atoms with Gasteiger partial charge in [0.15, 0.2) is 0 Å². The first-order valence-electron chi connectivity index (χ1n) is 6.35. The lowest BCUT2D eigenvalue weighted by atomic mass is 10.1. The highest BCUT2D eigenvalue weighted by Gasteiger charge is 2.18. The summed E-state index contributed by atoms with van der Waals surface area (Å²) >= 11 is 0. The summed E-state index contributed by atoms with van der Waals surface area (Å²) in [5, 5.41) is 0. The van der Waals surface area contributed by atoms with Crippen molar-refractivity contribution in [1.82, 2.24) is 4.90 Å². The third kappa shape index (κ3) is 3.81. The minimum Gasteiger partial charge on any atom is -0.339 e. The molecule has 1 amide bonds. The number of amides is 1. The molecule has 0 saturated carbocycles. The van der Waals surface area contributed by atoms with Gasteiger partial charge >= 0.3 is 0 Å². The summed E-state index contributed by atoms with van der Waals surface area (Å²) < 4.78 is 13.7. The highest BCUT2D eigenvalue weighted by atomic mass is 19.1. The fraction of sp³-hybridized carbons (Fsp3) is 0.500. The molecule has 18 heavy (non-hydrogen) atoms. The van der Waals surface area contributed by atoms with Crippen LogP contribution in [0.4, 0.5) is 4.39 Å². The van der Waals surface area contributed by atoms with Gasteiger partial charge in [-0.1, -0.05) is 18.6 Å². The Bertz CT molecular complexity index is 407. The minimum absolute atomic E-state index is 0.153. The average Bonchev–Trinajstić information content (AvgIpc) is 2.36. The maximum atomic E-state index is 13.7. The van der Waals surface area contributed by atoms with Gasteiger partial charge in [0.1, 0.15) is 5.82 Å². The topological polar surface area (TPSA) is 46.3 Å². The molecule has 0 spiro atoms. The molecule has 1 aromatic rings. The van der Waals surface area contributed by atoms with Gasteiger partial charge in [0.05, 0.1) is 5.56 Å². The van der Waals surface area contributed by atoms with Crippen molar-refractivity contribution in [2.45, 2.75) is 26.7 Å². The van der Waals surface area contributed by atoms with E-state index in [1.165, 1.54) is 6.07 Å². The molecule has 2 N–H and O–H groups in total. The summed E-state index contributed by atoms with van der Waals surface area (Å²) in [5.74, 6) is -0.703. The Kier molecular flexibility index (Phi) is 5.78. The molecule has 1 rings (SSSR count). The summed E-state index contributed by atoms with van der Waals surface area (Å²) in [6, 6.07) is 4.61. The van der Waals surface area contributed by atoms with Crippen LogP contribution >= 0.6 is 0 Å². The minimum atomic E-state index is -0.459. The molecule has 0 aliphatic rings. The van der Waals surface area contributed by atoms with Gasteiger partial charge in [-0.15, -0.1) is 0 Å². The number of hydrogen-bond acceptors (Lipinski definition) is 2. The van der Waals surface area contributed by atoms with Crippen LogP contribution in [0.15, 0.2) is 18.2 Å². The number of halogens is 1. The summed E-state index contributed by atoms with van der Waals surface area (Å²) in [7, 11) is 0. The second kappa shape index (κ2) is 7.11. The molecule has 0 saturated heterocycles. The largest absolute Gasteiger partial charge is 0.339 e. The van der Waals surface area contributed by atoms with E-state index in [-0.39, 0.29) is 11.5 Å². The number of carbonyl (C=O) groups excluding carboxylic acids is 1. The van der Waals surface area contributed by atoms with Gasteiger partial charge in [-0.3, -0.25) is 4.79 Å². The Labute approximate surface area is 108 Å². The van der Waals surface area contributed by atoms with Gasteiger partial charge in [-0.25, -0.2) is 4.39 Å². The molecule has 0 atom stereocenters. The molecular weight excluding hydrogens is 231 g/mol. The Morgan fingerprint density at radius 3 is 2.72 bits per heavy atom. The van der Waals surface area contributed by atoms with Crippen LogP contribution in [0, 0.1) is 12.7 Å². The van der Waals surface area contributed by atoms with Crippen molar-refractivity contribution < 1.29 is 9.18 Å². The van der Waals surface area contributed by atoms with Crippen LogP contribution in [-0.2, 0) is 0 Å². The van der Waals surface area contributed by atoms with E-state index >= 15 is 0 Å². The van der Waals surface area contributed by atoms with Crippen LogP contribution < -0.4 is 5.73 Å². The molecule has 0 heterocycles. The quantitative estimate of drug-likeness (QED) is 0.844. The summed E-state index contributed by atoms with van der Waals surface area (Å²) in [4.78, 5) is 13.9. The van der Waals surface area contributed by atoms with Crippen molar-refractivity contribution in [1.29, 1.82) is 0 Å². The zero-order chi connectivity index (χ0) is 13.5. The predicted molar refractivity (Wildman–Crippen MR) is 71.0 cm³/mol. The molecular formula is C14H21FN2O. The van der Waals surface area contributed by atoms with Crippen molar-refractivity contribution in [3.63, 3.8) is 0 Å². The van der Waals surface area contributed by atoms with Crippen LogP contribution in [0.2, 0.25) is 0 Å². The van der Waals surface area contributed by atoms with Gasteiger partial charge in [0.2, 0.25) is 0 Å². The van der Waals surface area contributed by atoms with E-state index in [0.717, 1.165) is 18.4 Å². The second-order valence-corrected chi connectivity index (χ2v) is 4.42. The van der Waals surface area contributed by atoms with Crippen molar-refractivity contribution in [2.24, 2.45) is 5.73 Å². The Morgan fingerprint density at radius 2 is 2.11 bits per heavy atom. The molecule has 0 radical (unpaired) electrons. The number of aryl methyl sites for hydroxylation is 1. The fourth-order valence-electron chi connectivity index (χ4n) is 1.84. The first-order valence-corrected chi connectivity index (χ1v) is 6.35. The molecule has 3 nitrogen and oxygen atoms in total. The second-order valence-electron chi connectivity index (χ2n) is 4.42. The summed E-state index contributed by atoms with van der Waals surface area (Å²) in [6.07, 6.45) is 1.59. The standard InChI is InChI=1S/C14H21FN2O/c1-3-8-17(9-4-7-16)14(18)12-10-11(2)5-6-13(12)15/h5-6,10H,3-4,7-9,16H2,1-2H3. The van der Waals surface area contributed by atoms with Gasteiger partial charge in [-0.2, -0.15) is 0 Å². The number of benzene rings is 1. The number of nitrogens with two attached hydrogens (primary N) is 1. The average molecular weight is 252 g/mol. The van der Waals surface area contributed by atoms with Gasteiger partial charge in [-0.05, 0) is 38.4 Å². The van der Waals surface area contributed by atoms with Gasteiger partial charge < -0.3 is 10.6 Å². The maximum absolute atomic E-state index is 13.7. The first-order chi connectivity index (χ1) is 8.60. The van der Waals surface area contributed by atoms with Crippen molar-refractivity contribution in [2.75, 3.05) is 19.6 Å². The summed E-state index contributed by atoms with van der Waals surface area (Å²) in [5.41, 5.74) is 6.49. The Morgan fingerprint density at radius 1 is 1.39 bits per heavy atom. The van der Waals surface area contributed by atoms with Crippen LogP contribution in [-0.4, -0.2) is 30.4 Å². The molecule has 100 valence electrons. The molecule has 0 fully saturated rings. The van der Waals surface area contributed by atoms with E-state index in [1.807, 2.05) is 13.8 Å². The van der Waals surface area contributed by atoms with E-state index in [1.54, 1.807) is 17.0 Å². The normalized spacial score (nSPS) is 10.4. The highest BCUT2D eigenvalue weighted by molar-refractivity contribution is 5.94. The smallest absolute Gasteiger partial charge is 0.256 e. The number of rotatable bonds is 6. The van der Waals surface area contributed by atoms with Gasteiger partial charge in [0, 0.05) is 13.1 Å². The number of hydrogen-bond donors (Lipinski definition) is 1.